The van der Waals surface area contributed by atoms with Crippen molar-refractivity contribution in [2.45, 2.75) is 46.6 Å². The highest BCUT2D eigenvalue weighted by Crippen LogP contribution is 2.18. The maximum atomic E-state index is 5.55. The summed E-state index contributed by atoms with van der Waals surface area (Å²) in [6, 6.07) is 2.00. The van der Waals surface area contributed by atoms with E-state index in [1.807, 2.05) is 13.0 Å². The molecule has 1 unspecified atom stereocenters. The maximum Gasteiger partial charge on any atom is 0.194 e. The van der Waals surface area contributed by atoms with Crippen LogP contribution in [-0.4, -0.2) is 48.9 Å². The van der Waals surface area contributed by atoms with Gasteiger partial charge in [-0.15, -0.1) is 0 Å². The number of aliphatic imine (C=N–C) groups is 1. The highest BCUT2D eigenvalue weighted by molar-refractivity contribution is 5.80. The van der Waals surface area contributed by atoms with Gasteiger partial charge in [-0.05, 0) is 26.2 Å². The van der Waals surface area contributed by atoms with Crippen molar-refractivity contribution in [3.05, 3.63) is 17.5 Å². The minimum absolute atomic E-state index is 0.377. The molecule has 6 heteroatoms. The molecule has 2 rings (SSSR count). The normalized spacial score (nSPS) is 18.9. The Hall–Kier alpha value is -1.56. The Bertz CT molecular complexity index is 499. The lowest BCUT2D eigenvalue weighted by Gasteiger charge is -2.21. The average Bonchev–Trinajstić information content (AvgIpc) is 3.18. The van der Waals surface area contributed by atoms with Crippen LogP contribution in [0.15, 0.2) is 15.6 Å². The molecular formula is C17H30N4O2. The Balaban J connectivity index is 1.94. The van der Waals surface area contributed by atoms with E-state index in [0.29, 0.717) is 18.4 Å². The molecule has 1 N–H and O–H groups in total. The average molecular weight is 322 g/mol. The number of nitrogens with one attached hydrogen (secondary N) is 1. The SMILES string of the molecule is CCNC(=NCc1cc(C(C)C)no1)N1CCC(COCC)C1. The Kier molecular flexibility index (Phi) is 6.89. The predicted octanol–water partition coefficient (Wildman–Crippen LogP) is 2.62. The Morgan fingerprint density at radius 1 is 1.52 bits per heavy atom. The van der Waals surface area contributed by atoms with E-state index in [-0.39, 0.29) is 0 Å². The summed E-state index contributed by atoms with van der Waals surface area (Å²) in [4.78, 5) is 7.02. The van der Waals surface area contributed by atoms with Crippen LogP contribution in [0, 0.1) is 5.92 Å². The van der Waals surface area contributed by atoms with Crippen LogP contribution in [0.4, 0.5) is 0 Å². The standard InChI is InChI=1S/C17H30N4O2/c1-5-18-17(21-8-7-14(11-21)12-22-6-2)19-10-15-9-16(13(3)4)20-23-15/h9,13-14H,5-8,10-12H2,1-4H3,(H,18,19). The summed E-state index contributed by atoms with van der Waals surface area (Å²) in [5, 5.41) is 7.46. The van der Waals surface area contributed by atoms with E-state index in [9.17, 15) is 0 Å². The fraction of sp³-hybridized carbons (Fsp3) is 0.765. The third-order valence-electron chi connectivity index (χ3n) is 4.03. The molecule has 1 aliphatic heterocycles. The van der Waals surface area contributed by atoms with Crippen LogP contribution in [0.25, 0.3) is 0 Å². The van der Waals surface area contributed by atoms with Crippen molar-refractivity contribution in [1.29, 1.82) is 0 Å². The van der Waals surface area contributed by atoms with Gasteiger partial charge in [0.2, 0.25) is 0 Å². The molecule has 0 aliphatic carbocycles. The molecule has 2 heterocycles. The number of guanidine groups is 1. The second-order valence-electron chi connectivity index (χ2n) is 6.30. The molecule has 0 amide bonds. The van der Waals surface area contributed by atoms with Gasteiger partial charge < -0.3 is 19.5 Å². The van der Waals surface area contributed by atoms with Gasteiger partial charge in [0.1, 0.15) is 6.54 Å². The molecule has 0 bridgehead atoms. The van der Waals surface area contributed by atoms with Crippen LogP contribution < -0.4 is 5.32 Å². The van der Waals surface area contributed by atoms with Crippen molar-refractivity contribution in [2.24, 2.45) is 10.9 Å². The predicted molar refractivity (Wildman–Crippen MR) is 91.6 cm³/mol. The van der Waals surface area contributed by atoms with E-state index in [4.69, 9.17) is 14.3 Å². The molecular weight excluding hydrogens is 292 g/mol. The molecule has 23 heavy (non-hydrogen) atoms. The first-order valence-corrected chi connectivity index (χ1v) is 8.70. The van der Waals surface area contributed by atoms with Gasteiger partial charge >= 0.3 is 0 Å². The molecule has 1 aromatic rings. The van der Waals surface area contributed by atoms with Crippen molar-refractivity contribution in [2.75, 3.05) is 32.8 Å². The highest BCUT2D eigenvalue weighted by Gasteiger charge is 2.24. The minimum Gasteiger partial charge on any atom is -0.381 e. The van der Waals surface area contributed by atoms with Crippen molar-refractivity contribution in [3.8, 4) is 0 Å². The van der Waals surface area contributed by atoms with E-state index in [1.165, 1.54) is 0 Å². The monoisotopic (exact) mass is 322 g/mol. The summed E-state index contributed by atoms with van der Waals surface area (Å²) in [6.07, 6.45) is 1.16. The van der Waals surface area contributed by atoms with Crippen LogP contribution in [0.2, 0.25) is 0 Å². The number of aromatic nitrogens is 1. The van der Waals surface area contributed by atoms with Crippen LogP contribution >= 0.6 is 0 Å². The summed E-state index contributed by atoms with van der Waals surface area (Å²) in [6.45, 7) is 13.4. The Labute approximate surface area is 139 Å². The Morgan fingerprint density at radius 2 is 2.35 bits per heavy atom. The summed E-state index contributed by atoms with van der Waals surface area (Å²) in [7, 11) is 0. The number of likely N-dealkylation sites (tertiary alicyclic amines) is 1. The van der Waals surface area contributed by atoms with Gasteiger partial charge in [0, 0.05) is 38.2 Å². The molecule has 0 saturated carbocycles. The zero-order valence-corrected chi connectivity index (χ0v) is 14.8. The second-order valence-corrected chi connectivity index (χ2v) is 6.30. The van der Waals surface area contributed by atoms with Gasteiger partial charge in [0.25, 0.3) is 0 Å². The van der Waals surface area contributed by atoms with Crippen molar-refractivity contribution < 1.29 is 9.26 Å². The third-order valence-corrected chi connectivity index (χ3v) is 4.03. The molecule has 1 aliphatic rings. The van der Waals surface area contributed by atoms with Gasteiger partial charge in [-0.2, -0.15) is 0 Å². The summed E-state index contributed by atoms with van der Waals surface area (Å²) in [5.41, 5.74) is 0.984. The molecule has 1 saturated heterocycles. The largest absolute Gasteiger partial charge is 0.381 e. The lowest BCUT2D eigenvalue weighted by molar-refractivity contribution is 0.114. The molecule has 1 fully saturated rings. The van der Waals surface area contributed by atoms with Crippen molar-refractivity contribution in [1.82, 2.24) is 15.4 Å². The maximum absolute atomic E-state index is 5.55. The van der Waals surface area contributed by atoms with Gasteiger partial charge in [-0.25, -0.2) is 4.99 Å². The quantitative estimate of drug-likeness (QED) is 0.617. The van der Waals surface area contributed by atoms with Gasteiger partial charge in [0.15, 0.2) is 11.7 Å². The lowest BCUT2D eigenvalue weighted by atomic mass is 10.1. The van der Waals surface area contributed by atoms with Crippen LogP contribution in [0.5, 0.6) is 0 Å². The van der Waals surface area contributed by atoms with Crippen LogP contribution in [0.1, 0.15) is 51.5 Å². The van der Waals surface area contributed by atoms with Gasteiger partial charge in [-0.1, -0.05) is 19.0 Å². The highest BCUT2D eigenvalue weighted by atomic mass is 16.5. The van der Waals surface area contributed by atoms with Crippen LogP contribution in [-0.2, 0) is 11.3 Å². The van der Waals surface area contributed by atoms with E-state index in [2.05, 4.69) is 36.1 Å². The number of hydrogen-bond acceptors (Lipinski definition) is 4. The smallest absolute Gasteiger partial charge is 0.194 e. The first kappa shape index (κ1) is 17.8. The number of hydrogen-bond donors (Lipinski definition) is 1. The molecule has 0 radical (unpaired) electrons. The topological polar surface area (TPSA) is 62.9 Å². The zero-order chi connectivity index (χ0) is 16.7. The van der Waals surface area contributed by atoms with Crippen molar-refractivity contribution in [3.63, 3.8) is 0 Å². The third kappa shape index (κ3) is 5.23. The van der Waals surface area contributed by atoms with Crippen molar-refractivity contribution >= 4 is 5.96 Å². The van der Waals surface area contributed by atoms with E-state index >= 15 is 0 Å². The second kappa shape index (κ2) is 8.91. The van der Waals surface area contributed by atoms with E-state index < -0.39 is 0 Å². The molecule has 1 atom stereocenters. The first-order valence-electron chi connectivity index (χ1n) is 8.70. The molecule has 0 aromatic carbocycles. The molecule has 130 valence electrons. The summed E-state index contributed by atoms with van der Waals surface area (Å²) >= 11 is 0. The Morgan fingerprint density at radius 3 is 3.00 bits per heavy atom. The van der Waals surface area contributed by atoms with Crippen LogP contribution in [0.3, 0.4) is 0 Å². The molecule has 6 nitrogen and oxygen atoms in total. The van der Waals surface area contributed by atoms with Gasteiger partial charge in [0.05, 0.1) is 12.3 Å². The number of ether oxygens (including phenoxy) is 1. The summed E-state index contributed by atoms with van der Waals surface area (Å²) in [5.74, 6) is 2.74. The van der Waals surface area contributed by atoms with E-state index in [0.717, 1.165) is 56.7 Å². The first-order chi connectivity index (χ1) is 11.1. The fourth-order valence-electron chi connectivity index (χ4n) is 2.70. The molecule has 0 spiro atoms. The molecule has 1 aromatic heterocycles. The van der Waals surface area contributed by atoms with Gasteiger partial charge in [-0.3, -0.25) is 0 Å². The number of nitrogens with zero attached hydrogens (tertiary/aromatic N) is 3. The minimum atomic E-state index is 0.377. The van der Waals surface area contributed by atoms with E-state index in [1.54, 1.807) is 0 Å². The number of rotatable bonds is 7. The lowest BCUT2D eigenvalue weighted by Crippen LogP contribution is -2.40. The fourth-order valence-corrected chi connectivity index (χ4v) is 2.70. The zero-order valence-electron chi connectivity index (χ0n) is 14.8. The summed E-state index contributed by atoms with van der Waals surface area (Å²) < 4.78 is 10.9.